The first-order chi connectivity index (χ1) is 5.36. The molecule has 1 aliphatic rings. The van der Waals surface area contributed by atoms with E-state index in [1.807, 2.05) is 6.20 Å². The van der Waals surface area contributed by atoms with E-state index in [1.165, 1.54) is 5.56 Å². The van der Waals surface area contributed by atoms with Gasteiger partial charge in [-0.2, -0.15) is 5.10 Å². The number of rotatable bonds is 0. The summed E-state index contributed by atoms with van der Waals surface area (Å²) >= 11 is 0. The molecule has 0 aliphatic heterocycles. The van der Waals surface area contributed by atoms with Crippen LogP contribution in [-0.2, 0) is 0 Å². The first kappa shape index (κ1) is 6.40. The number of H-pyrrole nitrogens is 1. The molecule has 2 heteroatoms. The van der Waals surface area contributed by atoms with Crippen LogP contribution in [0.25, 0.3) is 12.2 Å². The Morgan fingerprint density at radius 2 is 2.18 bits per heavy atom. The van der Waals surface area contributed by atoms with Gasteiger partial charge in [0.1, 0.15) is 0 Å². The van der Waals surface area contributed by atoms with Gasteiger partial charge in [0.25, 0.3) is 0 Å². The number of aromatic nitrogens is 2. The predicted octanol–water partition coefficient (Wildman–Crippen LogP) is 2.09. The first-order valence-corrected chi connectivity index (χ1v) is 3.76. The third kappa shape index (κ3) is 1.11. The van der Waals surface area contributed by atoms with Gasteiger partial charge in [-0.05, 0) is 12.0 Å². The predicted molar refractivity (Wildman–Crippen MR) is 45.8 cm³/mol. The van der Waals surface area contributed by atoms with E-state index in [4.69, 9.17) is 0 Å². The van der Waals surface area contributed by atoms with Crippen LogP contribution in [0.4, 0.5) is 0 Å². The maximum Gasteiger partial charge on any atom is 0.0647 e. The normalized spacial score (nSPS) is 21.4. The van der Waals surface area contributed by atoms with Gasteiger partial charge in [-0.3, -0.25) is 5.10 Å². The van der Waals surface area contributed by atoms with Crippen molar-refractivity contribution in [1.82, 2.24) is 10.2 Å². The maximum atomic E-state index is 3.94. The highest BCUT2D eigenvalue weighted by molar-refractivity contribution is 5.64. The van der Waals surface area contributed by atoms with Crippen molar-refractivity contribution in [2.45, 2.75) is 6.92 Å². The van der Waals surface area contributed by atoms with Crippen LogP contribution in [0.2, 0.25) is 0 Å². The smallest absolute Gasteiger partial charge is 0.0647 e. The Labute approximate surface area is 65.6 Å². The number of hydrogen-bond donors (Lipinski definition) is 1. The molecular weight excluding hydrogens is 136 g/mol. The van der Waals surface area contributed by atoms with Crippen LogP contribution in [0.1, 0.15) is 18.2 Å². The van der Waals surface area contributed by atoms with Gasteiger partial charge in [0, 0.05) is 5.56 Å². The van der Waals surface area contributed by atoms with Gasteiger partial charge in [-0.15, -0.1) is 0 Å². The molecule has 2 nitrogen and oxygen atoms in total. The molecule has 0 amide bonds. The average Bonchev–Trinajstić information content (AvgIpc) is 2.38. The Morgan fingerprint density at radius 1 is 1.36 bits per heavy atom. The van der Waals surface area contributed by atoms with E-state index in [9.17, 15) is 0 Å². The lowest BCUT2D eigenvalue weighted by Crippen LogP contribution is -1.78. The number of nitrogens with one attached hydrogen (secondary N) is 1. The van der Waals surface area contributed by atoms with Crippen LogP contribution in [0.15, 0.2) is 18.3 Å². The van der Waals surface area contributed by atoms with Crippen molar-refractivity contribution in [1.29, 1.82) is 0 Å². The number of aromatic amines is 1. The summed E-state index contributed by atoms with van der Waals surface area (Å²) < 4.78 is 0. The van der Waals surface area contributed by atoms with Gasteiger partial charge in [0.2, 0.25) is 0 Å². The van der Waals surface area contributed by atoms with Crippen molar-refractivity contribution in [3.05, 3.63) is 29.6 Å². The van der Waals surface area contributed by atoms with Gasteiger partial charge in [-0.25, -0.2) is 0 Å². The van der Waals surface area contributed by atoms with E-state index >= 15 is 0 Å². The minimum atomic E-state index is 0.524. The molecule has 0 fully saturated rings. The summed E-state index contributed by atoms with van der Waals surface area (Å²) in [6.45, 7) is 2.16. The third-order valence-corrected chi connectivity index (χ3v) is 1.85. The van der Waals surface area contributed by atoms with Crippen LogP contribution < -0.4 is 0 Å². The highest BCUT2D eigenvalue weighted by atomic mass is 15.1. The van der Waals surface area contributed by atoms with Crippen molar-refractivity contribution in [2.24, 2.45) is 5.92 Å². The molecule has 1 aromatic heterocycles. The van der Waals surface area contributed by atoms with Crippen molar-refractivity contribution >= 4 is 12.2 Å². The fourth-order valence-corrected chi connectivity index (χ4v) is 1.14. The van der Waals surface area contributed by atoms with Crippen LogP contribution >= 0.6 is 0 Å². The monoisotopic (exact) mass is 146 g/mol. The molecule has 0 saturated carbocycles. The molecule has 0 aromatic carbocycles. The Morgan fingerprint density at radius 3 is 3.09 bits per heavy atom. The van der Waals surface area contributed by atoms with Gasteiger partial charge in [-0.1, -0.05) is 25.2 Å². The summed E-state index contributed by atoms with van der Waals surface area (Å²) in [5.74, 6) is 0.524. The fraction of sp³-hybridized carbons (Fsp3) is 0.222. The Bertz CT molecular complexity index is 279. The van der Waals surface area contributed by atoms with Gasteiger partial charge >= 0.3 is 0 Å². The van der Waals surface area contributed by atoms with E-state index in [0.717, 1.165) is 5.69 Å². The molecule has 2 rings (SSSR count). The van der Waals surface area contributed by atoms with Crippen LogP contribution in [0.5, 0.6) is 0 Å². The zero-order chi connectivity index (χ0) is 7.68. The van der Waals surface area contributed by atoms with Crippen molar-refractivity contribution in [3.8, 4) is 0 Å². The number of fused-ring (bicyclic) bond motifs is 1. The number of allylic oxidation sites excluding steroid dienone is 2. The minimum absolute atomic E-state index is 0.524. The summed E-state index contributed by atoms with van der Waals surface area (Å²) in [5.41, 5.74) is 2.27. The highest BCUT2D eigenvalue weighted by Gasteiger charge is 2.02. The molecule has 1 unspecified atom stereocenters. The molecule has 1 aliphatic carbocycles. The second kappa shape index (κ2) is 2.38. The lowest BCUT2D eigenvalue weighted by molar-refractivity contribution is 0.952. The molecule has 0 spiro atoms. The maximum absolute atomic E-state index is 3.94. The fourth-order valence-electron chi connectivity index (χ4n) is 1.14. The zero-order valence-electron chi connectivity index (χ0n) is 6.41. The second-order valence-electron chi connectivity index (χ2n) is 2.82. The van der Waals surface area contributed by atoms with Crippen LogP contribution in [0.3, 0.4) is 0 Å². The summed E-state index contributed by atoms with van der Waals surface area (Å²) in [7, 11) is 0. The van der Waals surface area contributed by atoms with E-state index < -0.39 is 0 Å². The van der Waals surface area contributed by atoms with E-state index in [1.54, 1.807) is 0 Å². The number of hydrogen-bond acceptors (Lipinski definition) is 1. The topological polar surface area (TPSA) is 28.7 Å². The van der Waals surface area contributed by atoms with Gasteiger partial charge in [0.15, 0.2) is 0 Å². The third-order valence-electron chi connectivity index (χ3n) is 1.85. The van der Waals surface area contributed by atoms with Crippen molar-refractivity contribution in [2.75, 3.05) is 0 Å². The zero-order valence-corrected chi connectivity index (χ0v) is 6.41. The Kier molecular flexibility index (Phi) is 1.39. The molecular formula is C9H10N2. The largest absolute Gasteiger partial charge is 0.278 e. The summed E-state index contributed by atoms with van der Waals surface area (Å²) in [5, 5.41) is 6.87. The van der Waals surface area contributed by atoms with E-state index in [0.29, 0.717) is 5.92 Å². The quantitative estimate of drug-likeness (QED) is 0.596. The van der Waals surface area contributed by atoms with Crippen LogP contribution in [-0.4, -0.2) is 10.2 Å². The van der Waals surface area contributed by atoms with Gasteiger partial charge < -0.3 is 0 Å². The molecule has 1 atom stereocenters. The van der Waals surface area contributed by atoms with Crippen molar-refractivity contribution < 1.29 is 0 Å². The second-order valence-corrected chi connectivity index (χ2v) is 2.82. The summed E-state index contributed by atoms with van der Waals surface area (Å²) in [6.07, 6.45) is 10.3. The summed E-state index contributed by atoms with van der Waals surface area (Å²) in [6, 6.07) is 0. The average molecular weight is 146 g/mol. The van der Waals surface area contributed by atoms with Gasteiger partial charge in [0.05, 0.1) is 11.9 Å². The highest BCUT2D eigenvalue weighted by Crippen LogP contribution is 2.16. The van der Waals surface area contributed by atoms with E-state index in [-0.39, 0.29) is 0 Å². The molecule has 0 saturated heterocycles. The van der Waals surface area contributed by atoms with Crippen LogP contribution in [0, 0.1) is 5.92 Å². The van der Waals surface area contributed by atoms with E-state index in [2.05, 4.69) is 41.4 Å². The molecule has 56 valence electrons. The SMILES string of the molecule is CC1C=Cc2cn[nH]c2C=C1. The lowest BCUT2D eigenvalue weighted by atomic mass is 10.2. The lowest BCUT2D eigenvalue weighted by Gasteiger charge is -1.91. The molecule has 1 N–H and O–H groups in total. The molecule has 1 heterocycles. The molecule has 11 heavy (non-hydrogen) atoms. The summed E-state index contributed by atoms with van der Waals surface area (Å²) in [4.78, 5) is 0. The van der Waals surface area contributed by atoms with Crippen molar-refractivity contribution in [3.63, 3.8) is 0 Å². The molecule has 0 bridgehead atoms. The Balaban J connectivity index is 2.48. The first-order valence-electron chi connectivity index (χ1n) is 3.76. The molecule has 1 aromatic rings. The standard InChI is InChI=1S/C9H10N2/c1-7-2-4-8-6-10-11-9(8)5-3-7/h2-7H,1H3,(H,10,11). The number of nitrogens with zero attached hydrogens (tertiary/aromatic N) is 1. The Hall–Kier alpha value is -1.31. The minimum Gasteiger partial charge on any atom is -0.278 e. The molecule has 0 radical (unpaired) electrons.